The van der Waals surface area contributed by atoms with Gasteiger partial charge in [0, 0.05) is 5.69 Å². The Morgan fingerprint density at radius 1 is 1.03 bits per heavy atom. The molecule has 3 aromatic carbocycles. The van der Waals surface area contributed by atoms with Gasteiger partial charge in [-0.05, 0) is 42.8 Å². The Hall–Kier alpha value is -2.87. The lowest BCUT2D eigenvalue weighted by Crippen LogP contribution is -2.15. The molecule has 0 unspecified atom stereocenters. The van der Waals surface area contributed by atoms with Gasteiger partial charge < -0.3 is 5.32 Å². The maximum absolute atomic E-state index is 14.5. The molecule has 162 valence electrons. The molecule has 0 bridgehead atoms. The molecule has 0 spiro atoms. The Morgan fingerprint density at radius 2 is 1.75 bits per heavy atom. The van der Waals surface area contributed by atoms with E-state index in [0.717, 1.165) is 11.3 Å². The van der Waals surface area contributed by atoms with Gasteiger partial charge in [-0.1, -0.05) is 71.4 Å². The van der Waals surface area contributed by atoms with E-state index in [9.17, 15) is 9.18 Å². The lowest BCUT2D eigenvalue weighted by molar-refractivity contribution is -0.113. The number of carbonyl (C=O) groups is 1. The van der Waals surface area contributed by atoms with Crippen molar-refractivity contribution in [3.8, 4) is 17.1 Å². The first-order valence-electron chi connectivity index (χ1n) is 9.58. The van der Waals surface area contributed by atoms with Crippen molar-refractivity contribution in [2.45, 2.75) is 12.1 Å². The number of nitrogens with zero attached hydrogens (tertiary/aromatic N) is 3. The fourth-order valence-corrected chi connectivity index (χ4v) is 4.28. The van der Waals surface area contributed by atoms with E-state index in [1.54, 1.807) is 34.9 Å². The number of anilines is 1. The van der Waals surface area contributed by atoms with Gasteiger partial charge in [-0.15, -0.1) is 10.2 Å². The summed E-state index contributed by atoms with van der Waals surface area (Å²) < 4.78 is 16.2. The van der Waals surface area contributed by atoms with Crippen LogP contribution in [-0.4, -0.2) is 26.4 Å². The first kappa shape index (κ1) is 22.3. The number of hydrogen-bond donors (Lipinski definition) is 1. The number of thioether (sulfide) groups is 1. The molecule has 0 saturated carbocycles. The van der Waals surface area contributed by atoms with E-state index in [1.165, 1.54) is 17.8 Å². The van der Waals surface area contributed by atoms with Crippen LogP contribution in [-0.2, 0) is 4.79 Å². The minimum absolute atomic E-state index is 0.0306. The van der Waals surface area contributed by atoms with Crippen LogP contribution in [0.25, 0.3) is 17.1 Å². The zero-order valence-corrected chi connectivity index (χ0v) is 19.2. The van der Waals surface area contributed by atoms with Gasteiger partial charge >= 0.3 is 0 Å². The minimum atomic E-state index is -0.407. The van der Waals surface area contributed by atoms with Crippen LogP contribution in [0.5, 0.6) is 0 Å². The van der Waals surface area contributed by atoms with Crippen LogP contribution < -0.4 is 5.32 Å². The molecule has 4 aromatic rings. The highest BCUT2D eigenvalue weighted by Gasteiger charge is 2.20. The molecule has 5 nitrogen and oxygen atoms in total. The van der Waals surface area contributed by atoms with E-state index in [2.05, 4.69) is 15.5 Å². The van der Waals surface area contributed by atoms with Gasteiger partial charge in [0.25, 0.3) is 0 Å². The van der Waals surface area contributed by atoms with Gasteiger partial charge in [0.1, 0.15) is 5.82 Å². The third-order valence-electron chi connectivity index (χ3n) is 4.64. The Bertz CT molecular complexity index is 1280. The lowest BCUT2D eigenvalue weighted by atomic mass is 10.2. The van der Waals surface area contributed by atoms with Crippen molar-refractivity contribution in [3.05, 3.63) is 88.2 Å². The summed E-state index contributed by atoms with van der Waals surface area (Å²) in [5.74, 6) is -0.334. The molecule has 4 rings (SSSR count). The normalized spacial score (nSPS) is 10.9. The van der Waals surface area contributed by atoms with Crippen molar-refractivity contribution in [2.24, 2.45) is 0 Å². The molecule has 1 amide bonds. The first-order chi connectivity index (χ1) is 15.5. The van der Waals surface area contributed by atoms with Crippen LogP contribution in [0.4, 0.5) is 10.1 Å². The topological polar surface area (TPSA) is 59.8 Å². The molecule has 0 saturated heterocycles. The quantitative estimate of drug-likeness (QED) is 0.319. The molecule has 0 radical (unpaired) electrons. The molecule has 1 N–H and O–H groups in total. The number of aromatic nitrogens is 3. The van der Waals surface area contributed by atoms with E-state index in [1.807, 2.05) is 37.3 Å². The SMILES string of the molecule is Cc1ccc(Cl)c(NC(=O)CSc2nnc(-c3ccccc3F)n2-c2ccccc2)c1Cl. The van der Waals surface area contributed by atoms with Crippen molar-refractivity contribution in [1.29, 1.82) is 0 Å². The minimum Gasteiger partial charge on any atom is -0.323 e. The Kier molecular flexibility index (Phi) is 6.79. The summed E-state index contributed by atoms with van der Waals surface area (Å²) in [6.07, 6.45) is 0. The lowest BCUT2D eigenvalue weighted by Gasteiger charge is -2.12. The summed E-state index contributed by atoms with van der Waals surface area (Å²) in [5.41, 5.74) is 2.25. The average molecular weight is 487 g/mol. The van der Waals surface area contributed by atoms with Crippen LogP contribution in [0.1, 0.15) is 5.56 Å². The van der Waals surface area contributed by atoms with Gasteiger partial charge in [-0.2, -0.15) is 0 Å². The number of hydrogen-bond acceptors (Lipinski definition) is 4. The van der Waals surface area contributed by atoms with E-state index < -0.39 is 5.82 Å². The summed E-state index contributed by atoms with van der Waals surface area (Å²) >= 11 is 13.6. The van der Waals surface area contributed by atoms with Crippen molar-refractivity contribution in [1.82, 2.24) is 14.8 Å². The second kappa shape index (κ2) is 9.73. The highest BCUT2D eigenvalue weighted by atomic mass is 35.5. The number of aryl methyl sites for hydroxylation is 1. The standard InChI is InChI=1S/C23H17Cl2FN4OS/c1-14-11-12-17(24)21(20(14)25)27-19(31)13-32-23-29-28-22(16-9-5-6-10-18(16)26)30(23)15-7-3-2-4-8-15/h2-12H,13H2,1H3,(H,27,31). The maximum atomic E-state index is 14.5. The predicted molar refractivity (Wildman–Crippen MR) is 127 cm³/mol. The number of nitrogens with one attached hydrogen (secondary N) is 1. The smallest absolute Gasteiger partial charge is 0.234 e. The van der Waals surface area contributed by atoms with E-state index in [-0.39, 0.29) is 11.7 Å². The number of benzene rings is 3. The number of amides is 1. The number of rotatable bonds is 6. The van der Waals surface area contributed by atoms with Crippen molar-refractivity contribution in [3.63, 3.8) is 0 Å². The summed E-state index contributed by atoms with van der Waals surface area (Å²) in [6, 6.07) is 19.2. The number of para-hydroxylation sites is 1. The molecular weight excluding hydrogens is 470 g/mol. The maximum Gasteiger partial charge on any atom is 0.234 e. The van der Waals surface area contributed by atoms with Crippen molar-refractivity contribution >= 4 is 46.6 Å². The Morgan fingerprint density at radius 3 is 2.50 bits per heavy atom. The first-order valence-corrected chi connectivity index (χ1v) is 11.3. The molecule has 0 aliphatic rings. The van der Waals surface area contributed by atoms with Crippen molar-refractivity contribution < 1.29 is 9.18 Å². The average Bonchev–Trinajstić information content (AvgIpc) is 3.22. The molecule has 0 aliphatic carbocycles. The van der Waals surface area contributed by atoms with Gasteiger partial charge in [-0.3, -0.25) is 9.36 Å². The number of halogens is 3. The third-order valence-corrected chi connectivity index (χ3v) is 6.37. The predicted octanol–water partition coefficient (Wildman–Crippen LogP) is 6.42. The molecule has 32 heavy (non-hydrogen) atoms. The molecule has 0 atom stereocenters. The van der Waals surface area contributed by atoms with Crippen LogP contribution in [0.3, 0.4) is 0 Å². The molecule has 0 aliphatic heterocycles. The highest BCUT2D eigenvalue weighted by molar-refractivity contribution is 7.99. The monoisotopic (exact) mass is 486 g/mol. The van der Waals surface area contributed by atoms with Gasteiger partial charge in [0.15, 0.2) is 11.0 Å². The number of carbonyl (C=O) groups excluding carboxylic acids is 1. The van der Waals surface area contributed by atoms with Gasteiger partial charge in [0.05, 0.1) is 27.0 Å². The zero-order chi connectivity index (χ0) is 22.7. The van der Waals surface area contributed by atoms with E-state index >= 15 is 0 Å². The van der Waals surface area contributed by atoms with Crippen LogP contribution in [0.15, 0.2) is 71.9 Å². The third kappa shape index (κ3) is 4.65. The molecule has 9 heteroatoms. The summed E-state index contributed by atoms with van der Waals surface area (Å²) in [7, 11) is 0. The van der Waals surface area contributed by atoms with E-state index in [0.29, 0.717) is 32.3 Å². The summed E-state index contributed by atoms with van der Waals surface area (Å²) in [4.78, 5) is 12.6. The summed E-state index contributed by atoms with van der Waals surface area (Å²) in [5, 5.41) is 12.4. The van der Waals surface area contributed by atoms with Gasteiger partial charge in [0.2, 0.25) is 5.91 Å². The highest BCUT2D eigenvalue weighted by Crippen LogP contribution is 2.33. The van der Waals surface area contributed by atoms with Crippen LogP contribution in [0, 0.1) is 12.7 Å². The molecule has 1 aromatic heterocycles. The van der Waals surface area contributed by atoms with Crippen LogP contribution in [0.2, 0.25) is 10.0 Å². The Balaban J connectivity index is 1.62. The Labute approximate surface area is 198 Å². The van der Waals surface area contributed by atoms with Crippen LogP contribution >= 0.6 is 35.0 Å². The fourth-order valence-electron chi connectivity index (χ4n) is 3.07. The molecule has 1 heterocycles. The fraction of sp³-hybridized carbons (Fsp3) is 0.0870. The second-order valence-electron chi connectivity index (χ2n) is 6.85. The zero-order valence-electron chi connectivity index (χ0n) is 16.8. The van der Waals surface area contributed by atoms with Gasteiger partial charge in [-0.25, -0.2) is 4.39 Å². The molecular formula is C23H17Cl2FN4OS. The molecule has 0 fully saturated rings. The summed E-state index contributed by atoms with van der Waals surface area (Å²) in [6.45, 7) is 1.83. The second-order valence-corrected chi connectivity index (χ2v) is 8.57. The largest absolute Gasteiger partial charge is 0.323 e. The van der Waals surface area contributed by atoms with E-state index in [4.69, 9.17) is 23.2 Å². The van der Waals surface area contributed by atoms with Crippen molar-refractivity contribution in [2.75, 3.05) is 11.1 Å².